The van der Waals surface area contributed by atoms with Crippen molar-refractivity contribution in [3.05, 3.63) is 41.0 Å². The van der Waals surface area contributed by atoms with E-state index in [0.717, 1.165) is 69.6 Å². The van der Waals surface area contributed by atoms with Gasteiger partial charge in [0.25, 0.3) is 0 Å². The Hall–Kier alpha value is -2.64. The zero-order valence-corrected chi connectivity index (χ0v) is 27.4. The summed E-state index contributed by atoms with van der Waals surface area (Å²) < 4.78 is 0. The van der Waals surface area contributed by atoms with Crippen molar-refractivity contribution in [3.63, 3.8) is 0 Å². The molecule has 5 saturated carbocycles. The lowest BCUT2D eigenvalue weighted by Gasteiger charge is -2.59. The van der Waals surface area contributed by atoms with Crippen molar-refractivity contribution in [3.8, 4) is 5.75 Å². The number of aliphatic hydroxyl groups is 2. The van der Waals surface area contributed by atoms with Crippen LogP contribution < -0.4 is 0 Å². The molecule has 7 nitrogen and oxygen atoms in total. The molecule has 7 heteroatoms. The minimum atomic E-state index is -0.831. The minimum absolute atomic E-state index is 0.0322. The van der Waals surface area contributed by atoms with E-state index in [9.17, 15) is 34.5 Å². The van der Waals surface area contributed by atoms with E-state index in [1.165, 1.54) is 17.5 Å². The van der Waals surface area contributed by atoms with E-state index in [1.54, 1.807) is 6.08 Å². The molecule has 0 amide bonds. The van der Waals surface area contributed by atoms with Crippen molar-refractivity contribution >= 4 is 23.6 Å². The molecule has 0 spiro atoms. The number of ketones is 3. The number of rotatable bonds is 3. The summed E-state index contributed by atoms with van der Waals surface area (Å²) in [5, 5.41) is 30.2. The topological polar surface area (TPSA) is 129 Å². The van der Waals surface area contributed by atoms with Crippen LogP contribution in [0.1, 0.15) is 108 Å². The van der Waals surface area contributed by atoms with E-state index in [2.05, 4.69) is 19.9 Å². The molecule has 0 saturated heterocycles. The highest BCUT2D eigenvalue weighted by Crippen LogP contribution is 2.66. The third-order valence-corrected chi connectivity index (χ3v) is 14.7. The number of carbonyl (C=O) groups excluding carboxylic acids is 4. The summed E-state index contributed by atoms with van der Waals surface area (Å²) in [5.41, 5.74) is 2.89. The molecule has 0 aromatic heterocycles. The molecule has 1 aromatic carbocycles. The van der Waals surface area contributed by atoms with Crippen molar-refractivity contribution < 1.29 is 34.5 Å². The van der Waals surface area contributed by atoms with Gasteiger partial charge in [0.1, 0.15) is 24.4 Å². The van der Waals surface area contributed by atoms with Gasteiger partial charge in [-0.3, -0.25) is 14.4 Å². The van der Waals surface area contributed by atoms with Crippen molar-refractivity contribution in [2.45, 2.75) is 109 Å². The van der Waals surface area contributed by atoms with Gasteiger partial charge >= 0.3 is 0 Å². The minimum Gasteiger partial charge on any atom is -0.508 e. The Labute approximate surface area is 272 Å². The SMILES string of the molecule is C[C@]12CCC(=O)C=C1CC[C@@H]1[C@@H]2[C@@H](O)C[C@]2(C=O)[C@@H](C(=O)CO)CC[C@@H]12.C[C@]12CC[C@@H]3c4ccc(O)cc4CC[C@H]3[C@@H]1CCC2=O. The molecule has 0 heterocycles. The van der Waals surface area contributed by atoms with E-state index in [-0.39, 0.29) is 40.2 Å². The van der Waals surface area contributed by atoms with E-state index < -0.39 is 24.0 Å². The highest BCUT2D eigenvalue weighted by atomic mass is 16.3. The Morgan fingerprint density at radius 3 is 2.46 bits per heavy atom. The van der Waals surface area contributed by atoms with Crippen LogP contribution in [0, 0.1) is 51.8 Å². The number of phenols is 1. The average molecular weight is 631 g/mol. The quantitative estimate of drug-likeness (QED) is 0.368. The predicted molar refractivity (Wildman–Crippen MR) is 172 cm³/mol. The Morgan fingerprint density at radius 2 is 1.70 bits per heavy atom. The summed E-state index contributed by atoms with van der Waals surface area (Å²) in [6.45, 7) is 3.85. The molecule has 0 aliphatic heterocycles. The second-order valence-corrected chi connectivity index (χ2v) is 16.4. The number of aryl methyl sites for hydroxylation is 1. The van der Waals surface area contributed by atoms with Crippen molar-refractivity contribution in [1.82, 2.24) is 0 Å². The van der Waals surface area contributed by atoms with E-state index in [1.807, 2.05) is 12.1 Å². The van der Waals surface area contributed by atoms with Crippen LogP contribution in [-0.4, -0.2) is 51.7 Å². The highest BCUT2D eigenvalue weighted by Gasteiger charge is 2.65. The summed E-state index contributed by atoms with van der Waals surface area (Å²) in [5.74, 6) is 2.54. The van der Waals surface area contributed by atoms with Gasteiger partial charge in [0.2, 0.25) is 0 Å². The smallest absolute Gasteiger partial charge is 0.162 e. The summed E-state index contributed by atoms with van der Waals surface area (Å²) in [6.07, 6.45) is 13.1. The predicted octanol–water partition coefficient (Wildman–Crippen LogP) is 5.66. The van der Waals surface area contributed by atoms with E-state index in [4.69, 9.17) is 0 Å². The highest BCUT2D eigenvalue weighted by molar-refractivity contribution is 5.92. The first-order valence-electron chi connectivity index (χ1n) is 17.8. The van der Waals surface area contributed by atoms with Gasteiger partial charge in [0.05, 0.1) is 6.10 Å². The Bertz CT molecular complexity index is 1480. The Kier molecular flexibility index (Phi) is 7.99. The molecule has 248 valence electrons. The number of aliphatic hydroxyl groups excluding tert-OH is 2. The van der Waals surface area contributed by atoms with Crippen LogP contribution in [0.15, 0.2) is 29.8 Å². The van der Waals surface area contributed by atoms with Crippen LogP contribution in [-0.2, 0) is 25.6 Å². The van der Waals surface area contributed by atoms with E-state index >= 15 is 0 Å². The van der Waals surface area contributed by atoms with Gasteiger partial charge in [-0.2, -0.15) is 0 Å². The first-order valence-corrected chi connectivity index (χ1v) is 17.8. The molecular formula is C39H50O7. The monoisotopic (exact) mass is 630 g/mol. The average Bonchev–Trinajstić information content (AvgIpc) is 3.58. The number of benzene rings is 1. The van der Waals surface area contributed by atoms with Crippen molar-refractivity contribution in [2.24, 2.45) is 51.8 Å². The number of phenolic OH excluding ortho intramolecular Hbond substituents is 1. The third-order valence-electron chi connectivity index (χ3n) is 14.7. The molecule has 8 rings (SSSR count). The standard InChI is InChI=1S/C21H28O5.C18H22O2/c1-20-7-6-13(24)8-12(20)2-3-14-15-4-5-16(18(26)10-22)21(15,11-23)9-17(25)19(14)20;1-18-9-8-14-13-5-3-12(19)10-11(13)2-4-15(14)16(18)6-7-17(18)20/h8,11,14-17,19,22,25H,2-7,9-10H2,1H3;3,5,10,14-16,19H,2,4,6-9H2,1H3/t14-,15-,16+,17-,19+,20-,21+;14-,15-,16+,18+/m01/s1. The van der Waals surface area contributed by atoms with Crippen LogP contribution in [0.5, 0.6) is 5.75 Å². The fourth-order valence-electron chi connectivity index (χ4n) is 12.5. The largest absolute Gasteiger partial charge is 0.508 e. The number of fused-ring (bicyclic) bond motifs is 10. The molecule has 11 atom stereocenters. The van der Waals surface area contributed by atoms with Crippen LogP contribution in [0.4, 0.5) is 0 Å². The number of allylic oxidation sites excluding steroid dienone is 1. The number of carbonyl (C=O) groups is 4. The van der Waals surface area contributed by atoms with Crippen molar-refractivity contribution in [1.29, 1.82) is 0 Å². The summed E-state index contributed by atoms with van der Waals surface area (Å²) >= 11 is 0. The summed E-state index contributed by atoms with van der Waals surface area (Å²) in [7, 11) is 0. The Morgan fingerprint density at radius 1 is 0.913 bits per heavy atom. The number of Topliss-reactive ketones (excluding diaryl/α,β-unsaturated/α-hetero) is 2. The maximum atomic E-state index is 12.3. The normalized spacial score (nSPS) is 43.8. The van der Waals surface area contributed by atoms with Crippen LogP contribution >= 0.6 is 0 Å². The molecule has 0 unspecified atom stereocenters. The van der Waals surface area contributed by atoms with Gasteiger partial charge in [-0.25, -0.2) is 0 Å². The zero-order valence-electron chi connectivity index (χ0n) is 27.4. The first-order chi connectivity index (χ1) is 22.0. The lowest BCUT2D eigenvalue weighted by atomic mass is 9.45. The number of aromatic hydroxyl groups is 1. The van der Waals surface area contributed by atoms with E-state index in [0.29, 0.717) is 48.5 Å². The van der Waals surface area contributed by atoms with Gasteiger partial charge in [-0.05, 0) is 141 Å². The maximum Gasteiger partial charge on any atom is 0.162 e. The van der Waals surface area contributed by atoms with Gasteiger partial charge < -0.3 is 20.1 Å². The molecule has 1 aromatic rings. The van der Waals surface area contributed by atoms with Gasteiger partial charge in [-0.15, -0.1) is 0 Å². The number of hydrogen-bond donors (Lipinski definition) is 3. The molecule has 7 aliphatic carbocycles. The number of hydrogen-bond acceptors (Lipinski definition) is 7. The van der Waals surface area contributed by atoms with Gasteiger partial charge in [0, 0.05) is 29.6 Å². The van der Waals surface area contributed by atoms with Crippen LogP contribution in [0.3, 0.4) is 0 Å². The lowest BCUT2D eigenvalue weighted by Crippen LogP contribution is -2.58. The summed E-state index contributed by atoms with van der Waals surface area (Å²) in [4.78, 5) is 48.7. The zero-order chi connectivity index (χ0) is 32.6. The van der Waals surface area contributed by atoms with Crippen LogP contribution in [0.25, 0.3) is 0 Å². The van der Waals surface area contributed by atoms with Crippen LogP contribution in [0.2, 0.25) is 0 Å². The molecular weight excluding hydrogens is 580 g/mol. The second-order valence-electron chi connectivity index (χ2n) is 16.4. The molecule has 46 heavy (non-hydrogen) atoms. The summed E-state index contributed by atoms with van der Waals surface area (Å²) in [6, 6.07) is 5.90. The van der Waals surface area contributed by atoms with Crippen molar-refractivity contribution in [2.75, 3.05) is 6.61 Å². The Balaban J connectivity index is 0.000000152. The lowest BCUT2D eigenvalue weighted by molar-refractivity contribution is -0.157. The molecule has 5 fully saturated rings. The maximum absolute atomic E-state index is 12.3. The fourth-order valence-corrected chi connectivity index (χ4v) is 12.5. The van der Waals surface area contributed by atoms with Gasteiger partial charge in [0.15, 0.2) is 11.6 Å². The molecule has 7 aliphatic rings. The molecule has 0 radical (unpaired) electrons. The van der Waals surface area contributed by atoms with Gasteiger partial charge in [-0.1, -0.05) is 25.5 Å². The molecule has 0 bridgehead atoms. The number of aldehydes is 1. The third kappa shape index (κ3) is 4.65. The second kappa shape index (κ2) is 11.5. The fraction of sp³-hybridized carbons (Fsp3) is 0.692. The first kappa shape index (κ1) is 31.9. The molecule has 3 N–H and O–H groups in total.